The van der Waals surface area contributed by atoms with Crippen molar-refractivity contribution in [1.29, 1.82) is 0 Å². The van der Waals surface area contributed by atoms with Gasteiger partial charge < -0.3 is 9.97 Å². The number of alkyl halides is 1. The zero-order chi connectivity index (χ0) is 14.1. The van der Waals surface area contributed by atoms with E-state index in [1.165, 1.54) is 5.56 Å². The van der Waals surface area contributed by atoms with E-state index in [9.17, 15) is 4.79 Å². The Bertz CT molecular complexity index is 809. The van der Waals surface area contributed by atoms with E-state index in [-0.39, 0.29) is 11.1 Å². The standard InChI is InChI=1S/C15H12BrClN2O/c16-11-3-1-2-9(6-11)7-12(17)10-4-5-13-14(8-10)19-15(20)18-13/h1-6,8,12H,7H2,(H2,18,19,20). The normalized spacial score (nSPS) is 12.7. The number of benzene rings is 2. The molecule has 2 aromatic carbocycles. The molecule has 1 atom stereocenters. The lowest BCUT2D eigenvalue weighted by molar-refractivity contribution is 0.920. The van der Waals surface area contributed by atoms with Gasteiger partial charge in [-0.2, -0.15) is 0 Å². The highest BCUT2D eigenvalue weighted by Crippen LogP contribution is 2.27. The van der Waals surface area contributed by atoms with E-state index in [0.717, 1.165) is 27.5 Å². The van der Waals surface area contributed by atoms with Gasteiger partial charge in [0.15, 0.2) is 0 Å². The average molecular weight is 352 g/mol. The van der Waals surface area contributed by atoms with E-state index in [1.807, 2.05) is 30.3 Å². The summed E-state index contributed by atoms with van der Waals surface area (Å²) in [5.41, 5.74) is 3.55. The molecule has 1 heterocycles. The predicted octanol–water partition coefficient (Wildman–Crippen LogP) is 4.14. The van der Waals surface area contributed by atoms with Crippen LogP contribution < -0.4 is 5.69 Å². The van der Waals surface area contributed by atoms with Crippen LogP contribution >= 0.6 is 27.5 Å². The van der Waals surface area contributed by atoms with E-state index >= 15 is 0 Å². The Kier molecular flexibility index (Phi) is 3.68. The number of nitrogens with one attached hydrogen (secondary N) is 2. The molecule has 2 N–H and O–H groups in total. The van der Waals surface area contributed by atoms with Gasteiger partial charge in [0.05, 0.1) is 16.4 Å². The average Bonchev–Trinajstić information content (AvgIpc) is 2.77. The quantitative estimate of drug-likeness (QED) is 0.685. The summed E-state index contributed by atoms with van der Waals surface area (Å²) in [5, 5.41) is -0.132. The Balaban J connectivity index is 1.88. The SMILES string of the molecule is O=c1[nH]c2ccc(C(Cl)Cc3cccc(Br)c3)cc2[nH]1. The number of rotatable bonds is 3. The van der Waals surface area contributed by atoms with Crippen molar-refractivity contribution in [2.45, 2.75) is 11.8 Å². The molecular formula is C15H12BrClN2O. The summed E-state index contributed by atoms with van der Waals surface area (Å²) in [6, 6.07) is 13.8. The summed E-state index contributed by atoms with van der Waals surface area (Å²) < 4.78 is 1.05. The molecule has 0 saturated carbocycles. The van der Waals surface area contributed by atoms with Gasteiger partial charge in [-0.1, -0.05) is 34.1 Å². The largest absolute Gasteiger partial charge is 0.323 e. The van der Waals surface area contributed by atoms with Crippen molar-refractivity contribution in [3.8, 4) is 0 Å². The summed E-state index contributed by atoms with van der Waals surface area (Å²) in [6.07, 6.45) is 0.737. The van der Waals surface area contributed by atoms with E-state index in [0.29, 0.717) is 0 Å². The molecule has 1 unspecified atom stereocenters. The molecule has 1 aromatic heterocycles. The smallest absolute Gasteiger partial charge is 0.306 e. The van der Waals surface area contributed by atoms with Crippen LogP contribution in [0.3, 0.4) is 0 Å². The first kappa shape index (κ1) is 13.5. The molecule has 5 heteroatoms. The summed E-state index contributed by atoms with van der Waals surface area (Å²) in [5.74, 6) is 0. The highest BCUT2D eigenvalue weighted by atomic mass is 79.9. The Morgan fingerprint density at radius 3 is 2.70 bits per heavy atom. The van der Waals surface area contributed by atoms with Crippen LogP contribution in [0.5, 0.6) is 0 Å². The number of aromatic amines is 2. The van der Waals surface area contributed by atoms with Crippen LogP contribution in [-0.4, -0.2) is 9.97 Å². The number of hydrogen-bond donors (Lipinski definition) is 2. The monoisotopic (exact) mass is 350 g/mol. The third kappa shape index (κ3) is 2.81. The van der Waals surface area contributed by atoms with Crippen molar-refractivity contribution in [3.63, 3.8) is 0 Å². The van der Waals surface area contributed by atoms with E-state index in [1.54, 1.807) is 0 Å². The van der Waals surface area contributed by atoms with Gasteiger partial charge in [-0.15, -0.1) is 11.6 Å². The van der Waals surface area contributed by atoms with Gasteiger partial charge in [-0.3, -0.25) is 0 Å². The highest BCUT2D eigenvalue weighted by molar-refractivity contribution is 9.10. The second-order valence-electron chi connectivity index (χ2n) is 4.69. The molecule has 0 radical (unpaired) electrons. The zero-order valence-electron chi connectivity index (χ0n) is 10.5. The molecule has 102 valence electrons. The van der Waals surface area contributed by atoms with Gasteiger partial charge in [-0.05, 0) is 41.8 Å². The predicted molar refractivity (Wildman–Crippen MR) is 85.4 cm³/mol. The number of hydrogen-bond acceptors (Lipinski definition) is 1. The maximum absolute atomic E-state index is 11.2. The van der Waals surface area contributed by atoms with Crippen molar-refractivity contribution in [1.82, 2.24) is 9.97 Å². The van der Waals surface area contributed by atoms with Crippen LogP contribution in [0.4, 0.5) is 0 Å². The van der Waals surface area contributed by atoms with E-state index < -0.39 is 0 Å². The summed E-state index contributed by atoms with van der Waals surface area (Å²) >= 11 is 9.94. The first-order valence-corrected chi connectivity index (χ1v) is 7.45. The molecule has 0 spiro atoms. The summed E-state index contributed by atoms with van der Waals surface area (Å²) in [7, 11) is 0. The minimum atomic E-state index is -0.199. The lowest BCUT2D eigenvalue weighted by atomic mass is 10.0. The molecule has 3 aromatic rings. The molecule has 3 rings (SSSR count). The minimum absolute atomic E-state index is 0.132. The molecule has 0 bridgehead atoms. The van der Waals surface area contributed by atoms with Crippen molar-refractivity contribution in [2.75, 3.05) is 0 Å². The van der Waals surface area contributed by atoms with Crippen molar-refractivity contribution < 1.29 is 0 Å². The molecular weight excluding hydrogens is 340 g/mol. The van der Waals surface area contributed by atoms with Crippen molar-refractivity contribution in [3.05, 3.63) is 68.5 Å². The molecule has 3 nitrogen and oxygen atoms in total. The first-order valence-electron chi connectivity index (χ1n) is 6.22. The van der Waals surface area contributed by atoms with Gasteiger partial charge in [-0.25, -0.2) is 4.79 Å². The molecule has 0 aliphatic rings. The fourth-order valence-electron chi connectivity index (χ4n) is 2.23. The van der Waals surface area contributed by atoms with Gasteiger partial charge in [0, 0.05) is 4.47 Å². The van der Waals surface area contributed by atoms with Gasteiger partial charge in [0.25, 0.3) is 0 Å². The van der Waals surface area contributed by atoms with Crippen molar-refractivity contribution >= 4 is 38.6 Å². The highest BCUT2D eigenvalue weighted by Gasteiger charge is 2.11. The van der Waals surface area contributed by atoms with Gasteiger partial charge in [0.1, 0.15) is 0 Å². The number of imidazole rings is 1. The maximum Gasteiger partial charge on any atom is 0.323 e. The Morgan fingerprint density at radius 1 is 1.10 bits per heavy atom. The Labute approximate surface area is 129 Å². The summed E-state index contributed by atoms with van der Waals surface area (Å²) in [6.45, 7) is 0. The van der Waals surface area contributed by atoms with Crippen LogP contribution in [0.25, 0.3) is 11.0 Å². The minimum Gasteiger partial charge on any atom is -0.306 e. The lowest BCUT2D eigenvalue weighted by Crippen LogP contribution is -1.99. The molecule has 0 aliphatic heterocycles. The van der Waals surface area contributed by atoms with E-state index in [2.05, 4.69) is 38.0 Å². The van der Waals surface area contributed by atoms with Gasteiger partial charge >= 0.3 is 5.69 Å². The fraction of sp³-hybridized carbons (Fsp3) is 0.133. The number of halogens is 2. The van der Waals surface area contributed by atoms with E-state index in [4.69, 9.17) is 11.6 Å². The maximum atomic E-state index is 11.2. The van der Waals surface area contributed by atoms with Crippen LogP contribution in [0, 0.1) is 0 Å². The topological polar surface area (TPSA) is 48.6 Å². The van der Waals surface area contributed by atoms with Crippen molar-refractivity contribution in [2.24, 2.45) is 0 Å². The van der Waals surface area contributed by atoms with Crippen LogP contribution in [0.15, 0.2) is 51.7 Å². The molecule has 0 aliphatic carbocycles. The number of H-pyrrole nitrogens is 2. The number of fused-ring (bicyclic) bond motifs is 1. The Morgan fingerprint density at radius 2 is 1.90 bits per heavy atom. The number of aromatic nitrogens is 2. The third-order valence-electron chi connectivity index (χ3n) is 3.21. The third-order valence-corrected chi connectivity index (χ3v) is 4.11. The van der Waals surface area contributed by atoms with Crippen LogP contribution in [-0.2, 0) is 6.42 Å². The first-order chi connectivity index (χ1) is 9.61. The Hall–Kier alpha value is -1.52. The lowest BCUT2D eigenvalue weighted by Gasteiger charge is -2.10. The molecule has 0 fully saturated rings. The molecule has 20 heavy (non-hydrogen) atoms. The summed E-state index contributed by atoms with van der Waals surface area (Å²) in [4.78, 5) is 16.7. The van der Waals surface area contributed by atoms with Crippen LogP contribution in [0.2, 0.25) is 0 Å². The second-order valence-corrected chi connectivity index (χ2v) is 6.13. The molecule has 0 amide bonds. The fourth-order valence-corrected chi connectivity index (χ4v) is 2.99. The van der Waals surface area contributed by atoms with Crippen LogP contribution in [0.1, 0.15) is 16.5 Å². The molecule has 0 saturated heterocycles. The second kappa shape index (κ2) is 5.46. The van der Waals surface area contributed by atoms with Gasteiger partial charge in [0.2, 0.25) is 0 Å². The zero-order valence-corrected chi connectivity index (χ0v) is 12.8.